The smallest absolute Gasteiger partial charge is 0.252 e. The van der Waals surface area contributed by atoms with Crippen LogP contribution in [0.4, 0.5) is 5.13 Å². The van der Waals surface area contributed by atoms with Gasteiger partial charge in [-0.05, 0) is 75.8 Å². The topological polar surface area (TPSA) is 36.4 Å². The van der Waals surface area contributed by atoms with Gasteiger partial charge in [0.25, 0.3) is 5.91 Å². The Kier molecular flexibility index (Phi) is 7.06. The van der Waals surface area contributed by atoms with Crippen LogP contribution in [0.3, 0.4) is 0 Å². The first kappa shape index (κ1) is 21.5. The first-order chi connectivity index (χ1) is 13.9. The third-order valence-corrected chi connectivity index (χ3v) is 6.26. The standard InChI is InChI=1S/C23H26ClN3OS/c1-16-10-12-20-22(17(16)2)25-23(29-20)27(15-7-14-26(3)4)21(28)13-11-18-8-5-6-9-19(18)24/h5-6,8-13H,7,14-15H2,1-4H3/b13-11+. The number of amides is 1. The highest BCUT2D eigenvalue weighted by Gasteiger charge is 2.19. The van der Waals surface area contributed by atoms with Gasteiger partial charge < -0.3 is 4.90 Å². The van der Waals surface area contributed by atoms with Crippen molar-refractivity contribution in [2.24, 2.45) is 0 Å². The molecule has 0 radical (unpaired) electrons. The van der Waals surface area contributed by atoms with E-state index in [9.17, 15) is 4.79 Å². The number of rotatable bonds is 7. The number of thiazole rings is 1. The van der Waals surface area contributed by atoms with Crippen molar-refractivity contribution in [1.82, 2.24) is 9.88 Å². The van der Waals surface area contributed by atoms with Crippen molar-refractivity contribution in [3.05, 3.63) is 64.2 Å². The van der Waals surface area contributed by atoms with E-state index in [0.29, 0.717) is 11.6 Å². The molecule has 0 aliphatic carbocycles. The van der Waals surface area contributed by atoms with Crippen LogP contribution in [0.25, 0.3) is 16.3 Å². The monoisotopic (exact) mass is 427 g/mol. The van der Waals surface area contributed by atoms with E-state index in [4.69, 9.17) is 16.6 Å². The lowest BCUT2D eigenvalue weighted by atomic mass is 10.1. The Morgan fingerprint density at radius 1 is 1.14 bits per heavy atom. The molecular weight excluding hydrogens is 402 g/mol. The third-order valence-electron chi connectivity index (χ3n) is 4.87. The number of nitrogens with zero attached hydrogens (tertiary/aromatic N) is 3. The Hall–Kier alpha value is -2.21. The molecule has 29 heavy (non-hydrogen) atoms. The number of fused-ring (bicyclic) bond motifs is 1. The van der Waals surface area contributed by atoms with Crippen LogP contribution < -0.4 is 4.90 Å². The largest absolute Gasteiger partial charge is 0.309 e. The van der Waals surface area contributed by atoms with Gasteiger partial charge in [0, 0.05) is 17.6 Å². The van der Waals surface area contributed by atoms with Crippen LogP contribution in [0, 0.1) is 13.8 Å². The highest BCUT2D eigenvalue weighted by Crippen LogP contribution is 2.32. The number of hydrogen-bond acceptors (Lipinski definition) is 4. The van der Waals surface area contributed by atoms with Crippen molar-refractivity contribution in [3.63, 3.8) is 0 Å². The van der Waals surface area contributed by atoms with Crippen molar-refractivity contribution in [2.75, 3.05) is 32.1 Å². The fourth-order valence-corrected chi connectivity index (χ4v) is 4.29. The van der Waals surface area contributed by atoms with Crippen molar-refractivity contribution >= 4 is 50.3 Å². The van der Waals surface area contributed by atoms with Gasteiger partial charge in [-0.1, -0.05) is 47.2 Å². The fourth-order valence-electron chi connectivity index (χ4n) is 3.04. The Balaban J connectivity index is 1.90. The zero-order chi connectivity index (χ0) is 21.0. The summed E-state index contributed by atoms with van der Waals surface area (Å²) >= 11 is 7.78. The Morgan fingerprint density at radius 3 is 2.62 bits per heavy atom. The molecule has 0 fully saturated rings. The Labute approximate surface area is 181 Å². The zero-order valence-electron chi connectivity index (χ0n) is 17.3. The van der Waals surface area contributed by atoms with Crippen molar-refractivity contribution in [1.29, 1.82) is 0 Å². The van der Waals surface area contributed by atoms with Crippen LogP contribution in [0.1, 0.15) is 23.1 Å². The number of benzene rings is 2. The van der Waals surface area contributed by atoms with Crippen molar-refractivity contribution in [2.45, 2.75) is 20.3 Å². The van der Waals surface area contributed by atoms with Gasteiger partial charge in [-0.3, -0.25) is 9.69 Å². The number of aryl methyl sites for hydroxylation is 2. The molecule has 0 saturated carbocycles. The third kappa shape index (κ3) is 5.24. The number of anilines is 1. The van der Waals surface area contributed by atoms with Crippen LogP contribution in [0.2, 0.25) is 5.02 Å². The second-order valence-electron chi connectivity index (χ2n) is 7.35. The highest BCUT2D eigenvalue weighted by molar-refractivity contribution is 7.22. The van der Waals surface area contributed by atoms with Gasteiger partial charge in [-0.2, -0.15) is 0 Å². The SMILES string of the molecule is Cc1ccc2sc(N(CCCN(C)C)C(=O)/C=C/c3ccccc3Cl)nc2c1C. The lowest BCUT2D eigenvalue weighted by Gasteiger charge is -2.19. The summed E-state index contributed by atoms with van der Waals surface area (Å²) in [5, 5.41) is 1.36. The van der Waals surface area contributed by atoms with E-state index in [2.05, 4.69) is 30.9 Å². The van der Waals surface area contributed by atoms with Crippen molar-refractivity contribution in [3.8, 4) is 0 Å². The summed E-state index contributed by atoms with van der Waals surface area (Å²) in [6.45, 7) is 5.68. The normalized spacial score (nSPS) is 11.7. The molecule has 0 N–H and O–H groups in total. The predicted molar refractivity (Wildman–Crippen MR) is 125 cm³/mol. The summed E-state index contributed by atoms with van der Waals surface area (Å²) in [6, 6.07) is 11.7. The number of hydrogen-bond donors (Lipinski definition) is 0. The molecule has 1 heterocycles. The van der Waals surface area contributed by atoms with Gasteiger partial charge in [0.1, 0.15) is 0 Å². The summed E-state index contributed by atoms with van der Waals surface area (Å²) in [7, 11) is 4.07. The Bertz CT molecular complexity index is 1040. The first-order valence-electron chi connectivity index (χ1n) is 9.62. The van der Waals surface area contributed by atoms with Gasteiger partial charge in [-0.25, -0.2) is 4.98 Å². The van der Waals surface area contributed by atoms with Crippen LogP contribution in [-0.2, 0) is 4.79 Å². The minimum Gasteiger partial charge on any atom is -0.309 e. The Morgan fingerprint density at radius 2 is 1.90 bits per heavy atom. The molecule has 0 aliphatic heterocycles. The summed E-state index contributed by atoms with van der Waals surface area (Å²) in [6.07, 6.45) is 4.22. The number of halogens is 1. The molecule has 0 spiro atoms. The molecule has 2 aromatic carbocycles. The van der Waals surface area contributed by atoms with E-state index in [1.807, 2.05) is 38.4 Å². The molecule has 6 heteroatoms. The van der Waals surface area contributed by atoms with Gasteiger partial charge in [0.2, 0.25) is 0 Å². The van der Waals surface area contributed by atoms with Crippen LogP contribution in [0.5, 0.6) is 0 Å². The summed E-state index contributed by atoms with van der Waals surface area (Å²) in [5.41, 5.74) is 4.17. The maximum Gasteiger partial charge on any atom is 0.252 e. The van der Waals surface area contributed by atoms with Gasteiger partial charge >= 0.3 is 0 Å². The molecule has 0 saturated heterocycles. The van der Waals surface area contributed by atoms with Crippen LogP contribution in [-0.4, -0.2) is 43.0 Å². The van der Waals surface area contributed by atoms with Crippen molar-refractivity contribution < 1.29 is 4.79 Å². The number of aromatic nitrogens is 1. The molecule has 3 rings (SSSR count). The average Bonchev–Trinajstić information content (AvgIpc) is 3.12. The first-order valence-corrected chi connectivity index (χ1v) is 10.8. The fraction of sp³-hybridized carbons (Fsp3) is 0.304. The minimum atomic E-state index is -0.0860. The van der Waals surface area contributed by atoms with E-state index >= 15 is 0 Å². The summed E-state index contributed by atoms with van der Waals surface area (Å²) in [4.78, 5) is 21.8. The molecule has 0 unspecified atom stereocenters. The molecular formula is C23H26ClN3OS. The van der Waals surface area contributed by atoms with E-state index in [0.717, 1.165) is 39.4 Å². The molecule has 0 atom stereocenters. The summed E-state index contributed by atoms with van der Waals surface area (Å²) < 4.78 is 1.10. The number of carbonyl (C=O) groups is 1. The second-order valence-corrected chi connectivity index (χ2v) is 8.77. The predicted octanol–water partition coefficient (Wildman–Crippen LogP) is 5.56. The zero-order valence-corrected chi connectivity index (χ0v) is 18.8. The maximum absolute atomic E-state index is 13.1. The highest BCUT2D eigenvalue weighted by atomic mass is 35.5. The average molecular weight is 428 g/mol. The molecule has 1 amide bonds. The lowest BCUT2D eigenvalue weighted by Crippen LogP contribution is -2.32. The second kappa shape index (κ2) is 9.53. The van der Waals surface area contributed by atoms with E-state index in [1.165, 1.54) is 5.56 Å². The van der Waals surface area contributed by atoms with E-state index < -0.39 is 0 Å². The van der Waals surface area contributed by atoms with Gasteiger partial charge in [-0.15, -0.1) is 0 Å². The van der Waals surface area contributed by atoms with Gasteiger partial charge in [0.15, 0.2) is 5.13 Å². The van der Waals surface area contributed by atoms with E-state index in [1.54, 1.807) is 28.4 Å². The maximum atomic E-state index is 13.1. The molecule has 152 valence electrons. The molecule has 0 aliphatic rings. The quantitative estimate of drug-likeness (QED) is 0.463. The van der Waals surface area contributed by atoms with Gasteiger partial charge in [0.05, 0.1) is 10.2 Å². The molecule has 0 bridgehead atoms. The molecule has 4 nitrogen and oxygen atoms in total. The summed E-state index contributed by atoms with van der Waals surface area (Å²) in [5.74, 6) is -0.0860. The number of carbonyl (C=O) groups excluding carboxylic acids is 1. The lowest BCUT2D eigenvalue weighted by molar-refractivity contribution is -0.114. The van der Waals surface area contributed by atoms with E-state index in [-0.39, 0.29) is 5.91 Å². The molecule has 3 aromatic rings. The molecule has 1 aromatic heterocycles. The van der Waals surface area contributed by atoms with Crippen LogP contribution >= 0.6 is 22.9 Å². The van der Waals surface area contributed by atoms with Crippen LogP contribution in [0.15, 0.2) is 42.5 Å². The minimum absolute atomic E-state index is 0.0860.